The zero-order valence-corrected chi connectivity index (χ0v) is 12.1. The molecule has 0 aromatic heterocycles. The second kappa shape index (κ2) is 6.57. The summed E-state index contributed by atoms with van der Waals surface area (Å²) in [6, 6.07) is 7.63. The fourth-order valence-electron chi connectivity index (χ4n) is 1.79. The summed E-state index contributed by atoms with van der Waals surface area (Å²) in [6.07, 6.45) is -0.00431. The molecule has 1 rings (SSSR count). The number of rotatable bonds is 4. The number of hydrogen-bond donors (Lipinski definition) is 2. The van der Waals surface area contributed by atoms with Crippen LogP contribution in [0.25, 0.3) is 0 Å². The van der Waals surface area contributed by atoms with Gasteiger partial charge in [-0.2, -0.15) is 0 Å². The van der Waals surface area contributed by atoms with Gasteiger partial charge in [0.1, 0.15) is 5.60 Å². The van der Waals surface area contributed by atoms with Crippen molar-refractivity contribution >= 4 is 6.09 Å². The average Bonchev–Trinajstić information content (AvgIpc) is 2.26. The van der Waals surface area contributed by atoms with Crippen LogP contribution in [-0.2, 0) is 4.74 Å². The van der Waals surface area contributed by atoms with Gasteiger partial charge in [0.15, 0.2) is 0 Å². The average molecular weight is 265 g/mol. The minimum atomic E-state index is -0.527. The molecule has 1 amide bonds. The topological polar surface area (TPSA) is 58.6 Å². The molecule has 0 aliphatic carbocycles. The summed E-state index contributed by atoms with van der Waals surface area (Å²) >= 11 is 0. The minimum Gasteiger partial charge on any atom is -0.444 e. The van der Waals surface area contributed by atoms with Crippen molar-refractivity contribution in [1.82, 2.24) is 5.32 Å². The normalized spacial score (nSPS) is 12.9. The highest BCUT2D eigenvalue weighted by atomic mass is 16.6. The van der Waals surface area contributed by atoms with Gasteiger partial charge >= 0.3 is 6.09 Å². The predicted molar refractivity (Wildman–Crippen MR) is 75.0 cm³/mol. The number of ether oxygens (including phenoxy) is 1. The highest BCUT2D eigenvalue weighted by Gasteiger charge is 2.20. The number of aliphatic hydroxyl groups excluding tert-OH is 1. The molecule has 0 bridgehead atoms. The van der Waals surface area contributed by atoms with Gasteiger partial charge in [-0.25, -0.2) is 4.79 Å². The van der Waals surface area contributed by atoms with Gasteiger partial charge in [-0.3, -0.25) is 0 Å². The molecular weight excluding hydrogens is 242 g/mol. The summed E-state index contributed by atoms with van der Waals surface area (Å²) in [5, 5.41) is 11.9. The molecule has 0 saturated heterocycles. The van der Waals surface area contributed by atoms with E-state index in [4.69, 9.17) is 9.84 Å². The van der Waals surface area contributed by atoms with Crippen LogP contribution in [0, 0.1) is 6.92 Å². The van der Waals surface area contributed by atoms with Crippen molar-refractivity contribution in [3.63, 3.8) is 0 Å². The van der Waals surface area contributed by atoms with Crippen LogP contribution in [0.4, 0.5) is 4.79 Å². The number of amides is 1. The van der Waals surface area contributed by atoms with E-state index in [1.165, 1.54) is 0 Å². The first-order chi connectivity index (χ1) is 8.81. The van der Waals surface area contributed by atoms with Crippen LogP contribution >= 0.6 is 0 Å². The Labute approximate surface area is 114 Å². The largest absolute Gasteiger partial charge is 0.444 e. The van der Waals surface area contributed by atoms with Crippen LogP contribution in [0.15, 0.2) is 24.3 Å². The number of nitrogens with one attached hydrogen (secondary N) is 1. The smallest absolute Gasteiger partial charge is 0.408 e. The highest BCUT2D eigenvalue weighted by molar-refractivity contribution is 5.68. The quantitative estimate of drug-likeness (QED) is 0.880. The van der Waals surface area contributed by atoms with Gasteiger partial charge < -0.3 is 15.2 Å². The van der Waals surface area contributed by atoms with Gasteiger partial charge in [-0.15, -0.1) is 0 Å². The lowest BCUT2D eigenvalue weighted by Gasteiger charge is -2.23. The maximum Gasteiger partial charge on any atom is 0.408 e. The molecule has 19 heavy (non-hydrogen) atoms. The maximum absolute atomic E-state index is 11.8. The van der Waals surface area contributed by atoms with E-state index < -0.39 is 11.7 Å². The Hall–Kier alpha value is -1.55. The van der Waals surface area contributed by atoms with Crippen LogP contribution in [0.5, 0.6) is 0 Å². The predicted octanol–water partition coefficient (Wildman–Crippen LogP) is 2.94. The number of alkyl carbamates (subject to hydrolysis) is 1. The van der Waals surface area contributed by atoms with Crippen LogP contribution in [0.1, 0.15) is 44.4 Å². The van der Waals surface area contributed by atoms with Gasteiger partial charge in [0.2, 0.25) is 0 Å². The number of benzene rings is 1. The van der Waals surface area contributed by atoms with Gasteiger partial charge in [-0.1, -0.05) is 29.8 Å². The first kappa shape index (κ1) is 15.5. The van der Waals surface area contributed by atoms with Crippen molar-refractivity contribution < 1.29 is 14.6 Å². The molecule has 106 valence electrons. The molecule has 4 heteroatoms. The van der Waals surface area contributed by atoms with Crippen molar-refractivity contribution in [2.24, 2.45) is 0 Å². The summed E-state index contributed by atoms with van der Waals surface area (Å²) in [5.41, 5.74) is 1.56. The molecule has 1 aromatic carbocycles. The summed E-state index contributed by atoms with van der Waals surface area (Å²) in [5.74, 6) is 0. The minimum absolute atomic E-state index is 0.00834. The Bertz CT molecular complexity index is 424. The van der Waals surface area contributed by atoms with Crippen LogP contribution in [0.3, 0.4) is 0 Å². The Morgan fingerprint density at radius 1 is 1.42 bits per heavy atom. The Balaban J connectivity index is 2.76. The lowest BCUT2D eigenvalue weighted by Crippen LogP contribution is -2.35. The zero-order chi connectivity index (χ0) is 14.5. The summed E-state index contributed by atoms with van der Waals surface area (Å²) < 4.78 is 5.23. The number of carbonyl (C=O) groups excluding carboxylic acids is 1. The molecular formula is C15H23NO3. The van der Waals surface area contributed by atoms with E-state index in [2.05, 4.69) is 5.32 Å². The lowest BCUT2D eigenvalue weighted by atomic mass is 10.0. The van der Waals surface area contributed by atoms with Crippen molar-refractivity contribution in [1.29, 1.82) is 0 Å². The number of carbonyl (C=O) groups is 1. The summed E-state index contributed by atoms with van der Waals surface area (Å²) in [7, 11) is 0. The van der Waals surface area contributed by atoms with Gasteiger partial charge in [0.05, 0.1) is 6.04 Å². The van der Waals surface area contributed by atoms with E-state index >= 15 is 0 Å². The molecule has 1 aromatic rings. The fourth-order valence-corrected chi connectivity index (χ4v) is 1.79. The highest BCUT2D eigenvalue weighted by Crippen LogP contribution is 2.18. The SMILES string of the molecule is Cc1cccc(C(CCO)NC(=O)OC(C)(C)C)c1. The van der Waals surface area contributed by atoms with Crippen LogP contribution in [0.2, 0.25) is 0 Å². The summed E-state index contributed by atoms with van der Waals surface area (Å²) in [4.78, 5) is 11.8. The number of aliphatic hydroxyl groups is 1. The van der Waals surface area contributed by atoms with Crippen molar-refractivity contribution in [3.8, 4) is 0 Å². The monoisotopic (exact) mass is 265 g/mol. The molecule has 0 spiro atoms. The second-order valence-corrected chi connectivity index (χ2v) is 5.63. The maximum atomic E-state index is 11.8. The first-order valence-electron chi connectivity index (χ1n) is 6.49. The van der Waals surface area contributed by atoms with E-state index in [1.807, 2.05) is 52.0 Å². The molecule has 0 fully saturated rings. The van der Waals surface area contributed by atoms with Crippen molar-refractivity contribution in [3.05, 3.63) is 35.4 Å². The lowest BCUT2D eigenvalue weighted by molar-refractivity contribution is 0.0496. The van der Waals surface area contributed by atoms with E-state index in [-0.39, 0.29) is 12.6 Å². The van der Waals surface area contributed by atoms with Gasteiger partial charge in [0.25, 0.3) is 0 Å². The Morgan fingerprint density at radius 3 is 2.63 bits per heavy atom. The molecule has 0 aliphatic heterocycles. The molecule has 0 aliphatic rings. The molecule has 1 atom stereocenters. The van der Waals surface area contributed by atoms with E-state index in [0.717, 1.165) is 11.1 Å². The summed E-state index contributed by atoms with van der Waals surface area (Å²) in [6.45, 7) is 7.46. The Kier molecular flexibility index (Phi) is 5.36. The second-order valence-electron chi connectivity index (χ2n) is 5.63. The molecule has 2 N–H and O–H groups in total. The fraction of sp³-hybridized carbons (Fsp3) is 0.533. The van der Waals surface area contributed by atoms with E-state index in [0.29, 0.717) is 6.42 Å². The third-order valence-electron chi connectivity index (χ3n) is 2.55. The first-order valence-corrected chi connectivity index (χ1v) is 6.49. The standard InChI is InChI=1S/C15H23NO3/c1-11-6-5-7-12(10-11)13(8-9-17)16-14(18)19-15(2,3)4/h5-7,10,13,17H,8-9H2,1-4H3,(H,16,18). The third kappa shape index (κ3) is 5.75. The molecule has 0 radical (unpaired) electrons. The number of hydrogen-bond acceptors (Lipinski definition) is 3. The van der Waals surface area contributed by atoms with Crippen molar-refractivity contribution in [2.75, 3.05) is 6.61 Å². The van der Waals surface area contributed by atoms with E-state index in [9.17, 15) is 4.79 Å². The molecule has 0 heterocycles. The molecule has 4 nitrogen and oxygen atoms in total. The zero-order valence-electron chi connectivity index (χ0n) is 12.1. The van der Waals surface area contributed by atoms with Crippen molar-refractivity contribution in [2.45, 2.75) is 45.8 Å². The van der Waals surface area contributed by atoms with Gasteiger partial charge in [0, 0.05) is 6.61 Å². The van der Waals surface area contributed by atoms with Crippen LogP contribution in [-0.4, -0.2) is 23.4 Å². The molecule has 0 saturated carbocycles. The third-order valence-corrected chi connectivity index (χ3v) is 2.55. The van der Waals surface area contributed by atoms with Crippen LogP contribution < -0.4 is 5.32 Å². The molecule has 1 unspecified atom stereocenters. The Morgan fingerprint density at radius 2 is 2.11 bits per heavy atom. The van der Waals surface area contributed by atoms with E-state index in [1.54, 1.807) is 0 Å². The van der Waals surface area contributed by atoms with Gasteiger partial charge in [-0.05, 0) is 39.7 Å². The number of aryl methyl sites for hydroxylation is 1.